The van der Waals surface area contributed by atoms with Crippen molar-refractivity contribution >= 4 is 17.0 Å². The topological polar surface area (TPSA) is 80.9 Å². The summed E-state index contributed by atoms with van der Waals surface area (Å²) in [4.78, 5) is 20.0. The normalized spacial score (nSPS) is 10.8. The zero-order chi connectivity index (χ0) is 14.1. The Bertz CT molecular complexity index is 780. The number of rotatable bonds is 3. The van der Waals surface area contributed by atoms with Crippen LogP contribution in [-0.2, 0) is 6.54 Å². The second-order valence-corrected chi connectivity index (χ2v) is 4.30. The molecule has 100 valence electrons. The molecule has 3 rings (SSSR count). The van der Waals surface area contributed by atoms with Crippen molar-refractivity contribution in [2.45, 2.75) is 13.5 Å². The van der Waals surface area contributed by atoms with Crippen molar-refractivity contribution in [3.63, 3.8) is 0 Å². The van der Waals surface area contributed by atoms with Crippen LogP contribution in [-0.4, -0.2) is 30.8 Å². The predicted molar refractivity (Wildman–Crippen MR) is 73.4 cm³/mol. The predicted octanol–water partition coefficient (Wildman–Crippen LogP) is 2.21. The molecule has 0 amide bonds. The SMILES string of the molecule is CCn1ncc2c(C(=O)O)cc(-c3cccnc3)nc21. The third-order valence-corrected chi connectivity index (χ3v) is 3.10. The smallest absolute Gasteiger partial charge is 0.336 e. The highest BCUT2D eigenvalue weighted by Crippen LogP contribution is 2.24. The van der Waals surface area contributed by atoms with Gasteiger partial charge in [0.15, 0.2) is 5.65 Å². The number of aryl methyl sites for hydroxylation is 1. The van der Waals surface area contributed by atoms with Crippen LogP contribution >= 0.6 is 0 Å². The van der Waals surface area contributed by atoms with Gasteiger partial charge in [0.2, 0.25) is 0 Å². The Labute approximate surface area is 114 Å². The minimum Gasteiger partial charge on any atom is -0.478 e. The number of carboxylic acid groups (broad SMARTS) is 1. The van der Waals surface area contributed by atoms with E-state index < -0.39 is 5.97 Å². The maximum Gasteiger partial charge on any atom is 0.336 e. The van der Waals surface area contributed by atoms with Crippen molar-refractivity contribution in [3.05, 3.63) is 42.4 Å². The van der Waals surface area contributed by atoms with E-state index in [9.17, 15) is 9.90 Å². The molecule has 3 aromatic rings. The molecule has 0 saturated carbocycles. The van der Waals surface area contributed by atoms with Crippen LogP contribution in [0, 0.1) is 0 Å². The van der Waals surface area contributed by atoms with E-state index >= 15 is 0 Å². The lowest BCUT2D eigenvalue weighted by molar-refractivity contribution is 0.0699. The van der Waals surface area contributed by atoms with E-state index in [1.807, 2.05) is 13.0 Å². The number of nitrogens with zero attached hydrogens (tertiary/aromatic N) is 4. The first-order valence-electron chi connectivity index (χ1n) is 6.21. The quantitative estimate of drug-likeness (QED) is 0.787. The van der Waals surface area contributed by atoms with Gasteiger partial charge in [-0.15, -0.1) is 0 Å². The fraction of sp³-hybridized carbons (Fsp3) is 0.143. The summed E-state index contributed by atoms with van der Waals surface area (Å²) in [5.74, 6) is -0.988. The van der Waals surface area contributed by atoms with Gasteiger partial charge in [0, 0.05) is 24.5 Å². The maximum atomic E-state index is 11.4. The molecule has 0 saturated heterocycles. The molecule has 0 atom stereocenters. The molecule has 20 heavy (non-hydrogen) atoms. The van der Waals surface area contributed by atoms with Gasteiger partial charge in [0.05, 0.1) is 22.8 Å². The molecule has 6 heteroatoms. The van der Waals surface area contributed by atoms with Gasteiger partial charge in [-0.25, -0.2) is 14.5 Å². The van der Waals surface area contributed by atoms with Crippen LogP contribution in [0.25, 0.3) is 22.3 Å². The van der Waals surface area contributed by atoms with Crippen LogP contribution in [0.5, 0.6) is 0 Å². The van der Waals surface area contributed by atoms with E-state index in [1.54, 1.807) is 35.4 Å². The summed E-state index contributed by atoms with van der Waals surface area (Å²) < 4.78 is 1.68. The van der Waals surface area contributed by atoms with Crippen molar-refractivity contribution in [1.29, 1.82) is 0 Å². The summed E-state index contributed by atoms with van der Waals surface area (Å²) in [7, 11) is 0. The summed E-state index contributed by atoms with van der Waals surface area (Å²) in [6, 6.07) is 5.20. The first-order chi connectivity index (χ1) is 9.70. The maximum absolute atomic E-state index is 11.4. The van der Waals surface area contributed by atoms with E-state index in [2.05, 4.69) is 15.1 Å². The Hall–Kier alpha value is -2.76. The van der Waals surface area contributed by atoms with E-state index in [-0.39, 0.29) is 5.56 Å². The van der Waals surface area contributed by atoms with Gasteiger partial charge < -0.3 is 5.11 Å². The summed E-state index contributed by atoms with van der Waals surface area (Å²) in [6.45, 7) is 2.57. The van der Waals surface area contributed by atoms with E-state index in [4.69, 9.17) is 0 Å². The van der Waals surface area contributed by atoms with Crippen molar-refractivity contribution in [2.75, 3.05) is 0 Å². The first kappa shape index (κ1) is 12.3. The van der Waals surface area contributed by atoms with Crippen LogP contribution in [0.15, 0.2) is 36.8 Å². The Morgan fingerprint density at radius 3 is 2.90 bits per heavy atom. The molecule has 3 aromatic heterocycles. The van der Waals surface area contributed by atoms with Gasteiger partial charge in [-0.05, 0) is 25.1 Å². The molecule has 0 aliphatic rings. The number of fused-ring (bicyclic) bond motifs is 1. The first-order valence-corrected chi connectivity index (χ1v) is 6.21. The number of carboxylic acids is 1. The van der Waals surface area contributed by atoms with Crippen LogP contribution in [0.1, 0.15) is 17.3 Å². The molecule has 0 radical (unpaired) electrons. The highest BCUT2D eigenvalue weighted by atomic mass is 16.4. The largest absolute Gasteiger partial charge is 0.478 e. The van der Waals surface area contributed by atoms with Crippen LogP contribution < -0.4 is 0 Å². The molecule has 3 heterocycles. The van der Waals surface area contributed by atoms with Crippen LogP contribution in [0.3, 0.4) is 0 Å². The number of hydrogen-bond donors (Lipinski definition) is 1. The number of pyridine rings is 2. The lowest BCUT2D eigenvalue weighted by Gasteiger charge is -2.05. The lowest BCUT2D eigenvalue weighted by atomic mass is 10.1. The molecule has 0 spiro atoms. The molecule has 0 aromatic carbocycles. The van der Waals surface area contributed by atoms with Gasteiger partial charge in [0.25, 0.3) is 0 Å². The van der Waals surface area contributed by atoms with E-state index in [0.29, 0.717) is 23.3 Å². The van der Waals surface area contributed by atoms with Gasteiger partial charge in [0.1, 0.15) is 0 Å². The molecule has 0 fully saturated rings. The number of carbonyl (C=O) groups is 1. The Kier molecular flexibility index (Phi) is 2.90. The van der Waals surface area contributed by atoms with Crippen LogP contribution in [0.2, 0.25) is 0 Å². The molecule has 0 aliphatic heterocycles. The molecule has 6 nitrogen and oxygen atoms in total. The van der Waals surface area contributed by atoms with E-state index in [0.717, 1.165) is 5.56 Å². The fourth-order valence-electron chi connectivity index (χ4n) is 2.12. The Morgan fingerprint density at radius 2 is 2.25 bits per heavy atom. The highest BCUT2D eigenvalue weighted by molar-refractivity contribution is 6.02. The molecular formula is C14H12N4O2. The average Bonchev–Trinajstić information content (AvgIpc) is 2.89. The van der Waals surface area contributed by atoms with Crippen LogP contribution in [0.4, 0.5) is 0 Å². The molecule has 0 unspecified atom stereocenters. The summed E-state index contributed by atoms with van der Waals surface area (Å²) in [5, 5.41) is 14.1. The molecule has 0 bridgehead atoms. The number of hydrogen-bond acceptors (Lipinski definition) is 4. The minimum absolute atomic E-state index is 0.202. The van der Waals surface area contributed by atoms with Gasteiger partial charge in [-0.1, -0.05) is 0 Å². The molecule has 0 aliphatic carbocycles. The Morgan fingerprint density at radius 1 is 1.40 bits per heavy atom. The zero-order valence-corrected chi connectivity index (χ0v) is 10.8. The second kappa shape index (κ2) is 4.73. The van der Waals surface area contributed by atoms with Gasteiger partial charge in [-0.3, -0.25) is 4.98 Å². The van der Waals surface area contributed by atoms with Crippen molar-refractivity contribution < 1.29 is 9.90 Å². The summed E-state index contributed by atoms with van der Waals surface area (Å²) in [5.41, 5.74) is 2.14. The second-order valence-electron chi connectivity index (χ2n) is 4.30. The standard InChI is InChI=1S/C14H12N4O2/c1-2-18-13-11(8-16-18)10(14(19)20)6-12(17-13)9-4-3-5-15-7-9/h3-8H,2H2,1H3,(H,19,20). The number of aromatic carboxylic acids is 1. The summed E-state index contributed by atoms with van der Waals surface area (Å²) >= 11 is 0. The average molecular weight is 268 g/mol. The minimum atomic E-state index is -0.988. The molecule has 1 N–H and O–H groups in total. The third-order valence-electron chi connectivity index (χ3n) is 3.10. The fourth-order valence-corrected chi connectivity index (χ4v) is 2.12. The van der Waals surface area contributed by atoms with Crippen molar-refractivity contribution in [3.8, 4) is 11.3 Å². The van der Waals surface area contributed by atoms with Gasteiger partial charge in [-0.2, -0.15) is 5.10 Å². The van der Waals surface area contributed by atoms with Gasteiger partial charge >= 0.3 is 5.97 Å². The van der Waals surface area contributed by atoms with E-state index in [1.165, 1.54) is 0 Å². The monoisotopic (exact) mass is 268 g/mol. The highest BCUT2D eigenvalue weighted by Gasteiger charge is 2.16. The zero-order valence-electron chi connectivity index (χ0n) is 10.8. The van der Waals surface area contributed by atoms with Crippen molar-refractivity contribution in [2.24, 2.45) is 0 Å². The summed E-state index contributed by atoms with van der Waals surface area (Å²) in [6.07, 6.45) is 4.87. The number of aromatic nitrogens is 4. The lowest BCUT2D eigenvalue weighted by Crippen LogP contribution is -2.02. The van der Waals surface area contributed by atoms with Crippen molar-refractivity contribution in [1.82, 2.24) is 19.7 Å². The third kappa shape index (κ3) is 1.91. The Balaban J connectivity index is 2.31. The molecular weight excluding hydrogens is 256 g/mol.